The lowest BCUT2D eigenvalue weighted by atomic mass is 9.89. The molecule has 1 aromatic heterocycles. The van der Waals surface area contributed by atoms with Gasteiger partial charge < -0.3 is 20.8 Å². The molecule has 0 radical (unpaired) electrons. The van der Waals surface area contributed by atoms with Gasteiger partial charge >= 0.3 is 0 Å². The number of primary amides is 1. The maximum atomic E-state index is 11.5. The molecule has 2 unspecified atom stereocenters. The second-order valence-corrected chi connectivity index (χ2v) is 9.74. The lowest BCUT2D eigenvalue weighted by Crippen LogP contribution is -2.40. The third-order valence-electron chi connectivity index (χ3n) is 6.46. The first kappa shape index (κ1) is 23.7. The fraction of sp³-hybridized carbons (Fsp3) is 0.259. The number of hydrogen-bond donors (Lipinski definition) is 3. The molecule has 0 spiro atoms. The van der Waals surface area contributed by atoms with Crippen LogP contribution < -0.4 is 15.8 Å². The Bertz CT molecular complexity index is 1350. The van der Waals surface area contributed by atoms with Crippen LogP contribution >= 0.6 is 23.2 Å². The number of carbonyl (C=O) groups is 1. The van der Waals surface area contributed by atoms with Crippen LogP contribution in [0.15, 0.2) is 60.7 Å². The van der Waals surface area contributed by atoms with Gasteiger partial charge in [-0.3, -0.25) is 4.79 Å². The molecule has 0 saturated carbocycles. The molecule has 8 heteroatoms. The van der Waals surface area contributed by atoms with Crippen LogP contribution in [0.3, 0.4) is 0 Å². The van der Waals surface area contributed by atoms with E-state index in [0.29, 0.717) is 27.0 Å². The highest BCUT2D eigenvalue weighted by molar-refractivity contribution is 6.42. The Morgan fingerprint density at radius 1 is 1.09 bits per heavy atom. The van der Waals surface area contributed by atoms with Gasteiger partial charge in [0, 0.05) is 30.0 Å². The molecule has 1 aliphatic heterocycles. The van der Waals surface area contributed by atoms with Gasteiger partial charge in [-0.15, -0.1) is 0 Å². The van der Waals surface area contributed by atoms with Gasteiger partial charge in [0.05, 0.1) is 21.1 Å². The van der Waals surface area contributed by atoms with Gasteiger partial charge in [0.25, 0.3) is 0 Å². The first-order valence-corrected chi connectivity index (χ1v) is 12.4. The molecule has 1 amide bonds. The van der Waals surface area contributed by atoms with Gasteiger partial charge in [0.15, 0.2) is 0 Å². The highest BCUT2D eigenvalue weighted by Gasteiger charge is 2.26. The van der Waals surface area contributed by atoms with Gasteiger partial charge in [-0.25, -0.2) is 4.98 Å². The van der Waals surface area contributed by atoms with Crippen LogP contribution in [0.4, 0.5) is 0 Å². The summed E-state index contributed by atoms with van der Waals surface area (Å²) in [5, 5.41) is 4.61. The number of H-pyrrole nitrogens is 1. The first-order chi connectivity index (χ1) is 17.0. The van der Waals surface area contributed by atoms with Crippen molar-refractivity contribution >= 4 is 40.1 Å². The number of amides is 1. The van der Waals surface area contributed by atoms with E-state index in [1.807, 2.05) is 48.5 Å². The minimum absolute atomic E-state index is 0.00399. The summed E-state index contributed by atoms with van der Waals surface area (Å²) in [6.07, 6.45) is 3.00. The van der Waals surface area contributed by atoms with E-state index in [9.17, 15) is 4.79 Å². The highest BCUT2D eigenvalue weighted by atomic mass is 35.5. The largest absolute Gasteiger partial charge is 0.490 e. The number of rotatable bonds is 7. The molecule has 4 N–H and O–H groups in total. The van der Waals surface area contributed by atoms with Crippen molar-refractivity contribution in [2.75, 3.05) is 13.1 Å². The molecule has 3 aromatic carbocycles. The molecular formula is C27H26Cl2N4O2. The topological polar surface area (TPSA) is 93.0 Å². The minimum atomic E-state index is -0.471. The molecule has 35 heavy (non-hydrogen) atoms. The number of carbonyl (C=O) groups excluding carboxylic acids is 1. The van der Waals surface area contributed by atoms with E-state index in [4.69, 9.17) is 33.7 Å². The van der Waals surface area contributed by atoms with Crippen LogP contribution in [0.1, 0.15) is 28.8 Å². The van der Waals surface area contributed by atoms with Crippen LogP contribution in [0.25, 0.3) is 22.4 Å². The number of imidazole rings is 1. The van der Waals surface area contributed by atoms with Crippen LogP contribution in [0.5, 0.6) is 5.75 Å². The third-order valence-corrected chi connectivity index (χ3v) is 7.20. The minimum Gasteiger partial charge on any atom is -0.490 e. The maximum absolute atomic E-state index is 11.5. The van der Waals surface area contributed by atoms with E-state index in [-0.39, 0.29) is 6.10 Å². The highest BCUT2D eigenvalue weighted by Crippen LogP contribution is 2.29. The standard InChI is InChI=1S/C27H26Cl2N4O2/c28-21-9-3-16(12-22(21)29)13-25(19-2-1-11-31-15-19)35-20-7-4-17(5-8-20)27-32-23-10-6-18(26(30)34)14-24(23)33-27/h3-10,12,14,19,25,31H,1-2,11,13,15H2,(H2,30,34)(H,32,33). The number of nitrogens with two attached hydrogens (primary N) is 1. The molecule has 4 aromatic rings. The van der Waals surface area contributed by atoms with Crippen molar-refractivity contribution in [1.29, 1.82) is 0 Å². The molecule has 5 rings (SSSR count). The monoisotopic (exact) mass is 508 g/mol. The SMILES string of the molecule is NC(=O)c1ccc2[nH]c(-c3ccc(OC(Cc4ccc(Cl)c(Cl)c4)C4CCCNC4)cc3)nc2c1. The maximum Gasteiger partial charge on any atom is 0.248 e. The molecule has 1 aliphatic rings. The van der Waals surface area contributed by atoms with Crippen LogP contribution in [0.2, 0.25) is 10.0 Å². The first-order valence-electron chi connectivity index (χ1n) is 11.7. The van der Waals surface area contributed by atoms with Gasteiger partial charge in [-0.2, -0.15) is 0 Å². The van der Waals surface area contributed by atoms with E-state index in [0.717, 1.165) is 60.6 Å². The average Bonchev–Trinajstić information content (AvgIpc) is 3.30. The van der Waals surface area contributed by atoms with Crippen LogP contribution in [0, 0.1) is 5.92 Å². The number of aromatic amines is 1. The molecule has 6 nitrogen and oxygen atoms in total. The summed E-state index contributed by atoms with van der Waals surface area (Å²) >= 11 is 12.4. The van der Waals surface area contributed by atoms with Gasteiger partial charge in [0.1, 0.15) is 17.7 Å². The Balaban J connectivity index is 1.35. The summed E-state index contributed by atoms with van der Waals surface area (Å²) in [6, 6.07) is 18.9. The van der Waals surface area contributed by atoms with Gasteiger partial charge in [0.2, 0.25) is 5.91 Å². The Kier molecular flexibility index (Phi) is 6.95. The summed E-state index contributed by atoms with van der Waals surface area (Å²) in [4.78, 5) is 19.4. The van der Waals surface area contributed by atoms with Crippen LogP contribution in [-0.2, 0) is 6.42 Å². The van der Waals surface area contributed by atoms with Crippen molar-refractivity contribution in [1.82, 2.24) is 15.3 Å². The Hall–Kier alpha value is -3.06. The fourth-order valence-electron chi connectivity index (χ4n) is 4.56. The molecule has 180 valence electrons. The number of benzene rings is 3. The Morgan fingerprint density at radius 3 is 2.63 bits per heavy atom. The van der Waals surface area contributed by atoms with E-state index in [2.05, 4.69) is 15.3 Å². The molecule has 2 atom stereocenters. The second kappa shape index (κ2) is 10.3. The van der Waals surface area contributed by atoms with E-state index >= 15 is 0 Å². The molecule has 0 bridgehead atoms. The average molecular weight is 509 g/mol. The second-order valence-electron chi connectivity index (χ2n) is 8.92. The number of ether oxygens (including phenoxy) is 1. The summed E-state index contributed by atoms with van der Waals surface area (Å²) < 4.78 is 6.52. The summed E-state index contributed by atoms with van der Waals surface area (Å²) in [5.74, 6) is 1.45. The van der Waals surface area contributed by atoms with Crippen LogP contribution in [-0.4, -0.2) is 35.1 Å². The Morgan fingerprint density at radius 2 is 1.91 bits per heavy atom. The zero-order valence-corrected chi connectivity index (χ0v) is 20.6. The zero-order valence-electron chi connectivity index (χ0n) is 19.1. The summed E-state index contributed by atoms with van der Waals surface area (Å²) in [6.45, 7) is 1.97. The molecule has 1 fully saturated rings. The Labute approximate surface area is 213 Å². The number of nitrogens with zero attached hydrogens (tertiary/aromatic N) is 1. The number of halogens is 2. The number of aromatic nitrogens is 2. The molecule has 2 heterocycles. The quantitative estimate of drug-likeness (QED) is 0.301. The van der Waals surface area contributed by atoms with Crippen molar-refractivity contribution in [2.24, 2.45) is 11.7 Å². The molecule has 0 aliphatic carbocycles. The van der Waals surface area contributed by atoms with Gasteiger partial charge in [-0.05, 0) is 79.5 Å². The smallest absolute Gasteiger partial charge is 0.248 e. The van der Waals surface area contributed by atoms with Crippen molar-refractivity contribution in [3.63, 3.8) is 0 Å². The van der Waals surface area contributed by atoms with Crippen molar-refractivity contribution in [3.8, 4) is 17.1 Å². The van der Waals surface area contributed by atoms with E-state index < -0.39 is 5.91 Å². The zero-order chi connectivity index (χ0) is 24.4. The molecular weight excluding hydrogens is 483 g/mol. The van der Waals surface area contributed by atoms with Crippen molar-refractivity contribution in [3.05, 3.63) is 81.8 Å². The lowest BCUT2D eigenvalue weighted by molar-refractivity contribution is 0.100. The summed E-state index contributed by atoms with van der Waals surface area (Å²) in [7, 11) is 0. The normalized spacial score (nSPS) is 16.8. The fourth-order valence-corrected chi connectivity index (χ4v) is 4.88. The predicted molar refractivity (Wildman–Crippen MR) is 140 cm³/mol. The van der Waals surface area contributed by atoms with E-state index in [1.165, 1.54) is 0 Å². The van der Waals surface area contributed by atoms with E-state index in [1.54, 1.807) is 12.1 Å². The number of nitrogens with one attached hydrogen (secondary N) is 2. The number of piperidine rings is 1. The number of fused-ring (bicyclic) bond motifs is 1. The van der Waals surface area contributed by atoms with Crippen molar-refractivity contribution < 1.29 is 9.53 Å². The lowest BCUT2D eigenvalue weighted by Gasteiger charge is -2.31. The predicted octanol–water partition coefficient (Wildman–Crippen LogP) is 5.63. The van der Waals surface area contributed by atoms with Gasteiger partial charge in [-0.1, -0.05) is 29.3 Å². The summed E-state index contributed by atoms with van der Waals surface area (Å²) in [5.41, 5.74) is 9.39. The molecule has 1 saturated heterocycles. The van der Waals surface area contributed by atoms with Crippen molar-refractivity contribution in [2.45, 2.75) is 25.4 Å². The number of hydrogen-bond acceptors (Lipinski definition) is 4. The third kappa shape index (κ3) is 5.45.